The van der Waals surface area contributed by atoms with E-state index in [-0.39, 0.29) is 22.7 Å². The first kappa shape index (κ1) is 17.4. The van der Waals surface area contributed by atoms with Crippen LogP contribution in [0.2, 0.25) is 0 Å². The molecule has 1 N–H and O–H groups in total. The minimum atomic E-state index is -0.967. The van der Waals surface area contributed by atoms with Crippen molar-refractivity contribution < 1.29 is 19.2 Å². The summed E-state index contributed by atoms with van der Waals surface area (Å²) >= 11 is 0. The molecule has 0 radical (unpaired) electrons. The molecule has 1 atom stereocenters. The molecule has 0 spiro atoms. The number of esters is 1. The van der Waals surface area contributed by atoms with Crippen LogP contribution in [0.4, 0.5) is 5.69 Å². The fourth-order valence-electron chi connectivity index (χ4n) is 2.46. The van der Waals surface area contributed by atoms with Gasteiger partial charge in [0.1, 0.15) is 5.54 Å². The van der Waals surface area contributed by atoms with Crippen molar-refractivity contribution in [1.29, 1.82) is 5.26 Å². The summed E-state index contributed by atoms with van der Waals surface area (Å²) in [4.78, 5) is 34.2. The van der Waals surface area contributed by atoms with E-state index in [0.717, 1.165) is 12.8 Å². The molecular weight excluding hydrogens is 314 g/mol. The summed E-state index contributed by atoms with van der Waals surface area (Å²) in [7, 11) is 0. The van der Waals surface area contributed by atoms with Crippen molar-refractivity contribution in [2.75, 3.05) is 6.61 Å². The number of nitriles is 1. The SMILES string of the molecule is Cc1c(C(=O)OCC(=O)N[C@@](C)(C#N)C2CC2)cccc1[N+](=O)[O-]. The highest BCUT2D eigenvalue weighted by Gasteiger charge is 2.43. The fourth-order valence-corrected chi connectivity index (χ4v) is 2.46. The Kier molecular flexibility index (Phi) is 4.83. The van der Waals surface area contributed by atoms with E-state index in [1.807, 2.05) is 0 Å². The van der Waals surface area contributed by atoms with Crippen LogP contribution in [0.15, 0.2) is 18.2 Å². The number of amides is 1. The topological polar surface area (TPSA) is 122 Å². The molecule has 1 aromatic rings. The highest BCUT2D eigenvalue weighted by atomic mass is 16.6. The van der Waals surface area contributed by atoms with E-state index >= 15 is 0 Å². The molecule has 8 heteroatoms. The van der Waals surface area contributed by atoms with Gasteiger partial charge in [0.05, 0.1) is 16.6 Å². The molecule has 0 aromatic heterocycles. The summed E-state index contributed by atoms with van der Waals surface area (Å²) in [6.07, 6.45) is 1.74. The van der Waals surface area contributed by atoms with Gasteiger partial charge in [0.15, 0.2) is 6.61 Å². The Labute approximate surface area is 138 Å². The van der Waals surface area contributed by atoms with Crippen molar-refractivity contribution in [3.05, 3.63) is 39.4 Å². The summed E-state index contributed by atoms with van der Waals surface area (Å²) in [5, 5.41) is 22.6. The van der Waals surface area contributed by atoms with Crippen LogP contribution in [0, 0.1) is 34.3 Å². The molecule has 1 saturated carbocycles. The van der Waals surface area contributed by atoms with E-state index in [4.69, 9.17) is 4.74 Å². The van der Waals surface area contributed by atoms with E-state index in [9.17, 15) is 25.0 Å². The molecule has 0 saturated heterocycles. The quantitative estimate of drug-likeness (QED) is 0.482. The summed E-state index contributed by atoms with van der Waals surface area (Å²) < 4.78 is 4.91. The maximum Gasteiger partial charge on any atom is 0.339 e. The Morgan fingerprint density at radius 1 is 1.50 bits per heavy atom. The van der Waals surface area contributed by atoms with Gasteiger partial charge >= 0.3 is 5.97 Å². The predicted molar refractivity (Wildman–Crippen MR) is 83.0 cm³/mol. The van der Waals surface area contributed by atoms with Crippen LogP contribution in [-0.4, -0.2) is 28.9 Å². The first-order chi connectivity index (χ1) is 11.3. The lowest BCUT2D eigenvalue weighted by atomic mass is 9.98. The van der Waals surface area contributed by atoms with Crippen LogP contribution in [0.3, 0.4) is 0 Å². The second-order valence-electron chi connectivity index (χ2n) is 5.92. The van der Waals surface area contributed by atoms with Crippen molar-refractivity contribution in [2.45, 2.75) is 32.2 Å². The van der Waals surface area contributed by atoms with Crippen LogP contribution < -0.4 is 5.32 Å². The van der Waals surface area contributed by atoms with E-state index in [0.29, 0.717) is 0 Å². The lowest BCUT2D eigenvalue weighted by molar-refractivity contribution is -0.385. The zero-order valence-electron chi connectivity index (χ0n) is 13.4. The number of ether oxygens (including phenoxy) is 1. The molecule has 0 heterocycles. The number of nitrogens with one attached hydrogen (secondary N) is 1. The zero-order chi connectivity index (χ0) is 17.9. The lowest BCUT2D eigenvalue weighted by Gasteiger charge is -2.22. The van der Waals surface area contributed by atoms with Gasteiger partial charge in [0, 0.05) is 11.6 Å². The molecule has 8 nitrogen and oxygen atoms in total. The third-order valence-electron chi connectivity index (χ3n) is 4.08. The van der Waals surface area contributed by atoms with E-state index in [1.54, 1.807) is 6.92 Å². The highest BCUT2D eigenvalue weighted by molar-refractivity contribution is 5.93. The number of benzene rings is 1. The average Bonchev–Trinajstić information content (AvgIpc) is 3.37. The molecule has 0 unspecified atom stereocenters. The first-order valence-corrected chi connectivity index (χ1v) is 7.42. The van der Waals surface area contributed by atoms with Crippen LogP contribution >= 0.6 is 0 Å². The Bertz CT molecular complexity index is 736. The van der Waals surface area contributed by atoms with Gasteiger partial charge in [-0.3, -0.25) is 14.9 Å². The number of hydrogen-bond donors (Lipinski definition) is 1. The van der Waals surface area contributed by atoms with Gasteiger partial charge in [-0.05, 0) is 38.7 Å². The van der Waals surface area contributed by atoms with E-state index in [1.165, 1.54) is 25.1 Å². The van der Waals surface area contributed by atoms with Crippen LogP contribution in [0.5, 0.6) is 0 Å². The minimum Gasteiger partial charge on any atom is -0.452 e. The largest absolute Gasteiger partial charge is 0.452 e. The second kappa shape index (κ2) is 6.66. The van der Waals surface area contributed by atoms with Crippen molar-refractivity contribution in [3.8, 4) is 6.07 Å². The molecule has 0 aliphatic heterocycles. The monoisotopic (exact) mass is 331 g/mol. The molecule has 0 bridgehead atoms. The second-order valence-corrected chi connectivity index (χ2v) is 5.92. The molecule has 1 fully saturated rings. The van der Waals surface area contributed by atoms with Crippen molar-refractivity contribution in [2.24, 2.45) is 5.92 Å². The molecular formula is C16H17N3O5. The van der Waals surface area contributed by atoms with Crippen LogP contribution in [-0.2, 0) is 9.53 Å². The van der Waals surface area contributed by atoms with Gasteiger partial charge in [-0.25, -0.2) is 4.79 Å². The van der Waals surface area contributed by atoms with Crippen molar-refractivity contribution in [3.63, 3.8) is 0 Å². The Hall–Kier alpha value is -2.95. The Morgan fingerprint density at radius 3 is 2.71 bits per heavy atom. The molecule has 2 rings (SSSR count). The van der Waals surface area contributed by atoms with Crippen molar-refractivity contribution in [1.82, 2.24) is 5.32 Å². The summed E-state index contributed by atoms with van der Waals surface area (Å²) in [5.74, 6) is -1.29. The maximum atomic E-state index is 12.0. The number of rotatable bonds is 6. The van der Waals surface area contributed by atoms with Crippen LogP contribution in [0.25, 0.3) is 0 Å². The zero-order valence-corrected chi connectivity index (χ0v) is 13.4. The standard InChI is InChI=1S/C16H17N3O5/c1-10-12(4-3-5-13(10)19(22)23)15(21)24-8-14(20)18-16(2,9-17)11-6-7-11/h3-5,11H,6-8H2,1-2H3,(H,18,20)/t16-/m0/s1. The molecule has 1 amide bonds. The number of nitro benzene ring substituents is 1. The summed E-state index contributed by atoms with van der Waals surface area (Å²) in [6.45, 7) is 2.52. The van der Waals surface area contributed by atoms with Gasteiger partial charge < -0.3 is 10.1 Å². The number of nitro groups is 1. The van der Waals surface area contributed by atoms with Gasteiger partial charge in [0.2, 0.25) is 0 Å². The van der Waals surface area contributed by atoms with Gasteiger partial charge in [-0.1, -0.05) is 6.07 Å². The molecule has 1 aliphatic carbocycles. The highest BCUT2D eigenvalue weighted by Crippen LogP contribution is 2.39. The first-order valence-electron chi connectivity index (χ1n) is 7.42. The number of nitrogens with zero attached hydrogens (tertiary/aromatic N) is 2. The van der Waals surface area contributed by atoms with Gasteiger partial charge in [-0.15, -0.1) is 0 Å². The number of hydrogen-bond acceptors (Lipinski definition) is 6. The summed E-state index contributed by atoms with van der Waals surface area (Å²) in [6, 6.07) is 6.13. The molecule has 1 aliphatic rings. The average molecular weight is 331 g/mol. The van der Waals surface area contributed by atoms with Crippen LogP contribution in [0.1, 0.15) is 35.7 Å². The predicted octanol–water partition coefficient (Wildman–Crippen LogP) is 1.87. The Balaban J connectivity index is 1.98. The lowest BCUT2D eigenvalue weighted by Crippen LogP contribution is -2.48. The fraction of sp³-hybridized carbons (Fsp3) is 0.438. The summed E-state index contributed by atoms with van der Waals surface area (Å²) in [5.41, 5.74) is -0.958. The number of carbonyl (C=O) groups excluding carboxylic acids is 2. The third kappa shape index (κ3) is 3.68. The maximum absolute atomic E-state index is 12.0. The molecule has 1 aromatic carbocycles. The molecule has 126 valence electrons. The van der Waals surface area contributed by atoms with Gasteiger partial charge in [0.25, 0.3) is 11.6 Å². The van der Waals surface area contributed by atoms with E-state index < -0.39 is 28.9 Å². The Morgan fingerprint density at radius 2 is 2.17 bits per heavy atom. The van der Waals surface area contributed by atoms with Crippen molar-refractivity contribution >= 4 is 17.6 Å². The molecule has 24 heavy (non-hydrogen) atoms. The smallest absolute Gasteiger partial charge is 0.339 e. The number of carbonyl (C=O) groups is 2. The minimum absolute atomic E-state index is 0.0298. The third-order valence-corrected chi connectivity index (χ3v) is 4.08. The van der Waals surface area contributed by atoms with Gasteiger partial charge in [-0.2, -0.15) is 5.26 Å². The van der Waals surface area contributed by atoms with E-state index in [2.05, 4.69) is 11.4 Å². The normalized spacial score (nSPS) is 15.7.